The van der Waals surface area contributed by atoms with Gasteiger partial charge in [0.15, 0.2) is 0 Å². The van der Waals surface area contributed by atoms with Crippen molar-refractivity contribution in [3.05, 3.63) is 82.9 Å². The van der Waals surface area contributed by atoms with Gasteiger partial charge in [0, 0.05) is 34.1 Å². The van der Waals surface area contributed by atoms with E-state index < -0.39 is 0 Å². The van der Waals surface area contributed by atoms with E-state index in [4.69, 9.17) is 23.2 Å². The minimum Gasteiger partial charge on any atom is -0.336 e. The van der Waals surface area contributed by atoms with Crippen LogP contribution in [-0.4, -0.2) is 14.8 Å². The Balaban J connectivity index is 1.72. The first kappa shape index (κ1) is 17.4. The van der Waals surface area contributed by atoms with Gasteiger partial charge >= 0.3 is 0 Å². The fourth-order valence-corrected chi connectivity index (χ4v) is 4.23. The SMILES string of the molecule is Clc1ccccc1CCC(Cn1ccnc1)Sc1ccccc1Cl. The van der Waals surface area contributed by atoms with Gasteiger partial charge in [0.1, 0.15) is 0 Å². The largest absolute Gasteiger partial charge is 0.336 e. The lowest BCUT2D eigenvalue weighted by Gasteiger charge is -2.18. The van der Waals surface area contributed by atoms with E-state index in [9.17, 15) is 0 Å². The van der Waals surface area contributed by atoms with Crippen LogP contribution >= 0.6 is 35.0 Å². The molecule has 1 aromatic heterocycles. The topological polar surface area (TPSA) is 17.8 Å². The van der Waals surface area contributed by atoms with E-state index in [2.05, 4.69) is 21.7 Å². The van der Waals surface area contributed by atoms with Crippen molar-refractivity contribution in [3.63, 3.8) is 0 Å². The van der Waals surface area contributed by atoms with Gasteiger partial charge in [-0.25, -0.2) is 4.98 Å². The van der Waals surface area contributed by atoms with Crippen LogP contribution in [0.4, 0.5) is 0 Å². The number of aryl methyl sites for hydroxylation is 1. The molecular weight excluding hydrogens is 359 g/mol. The molecule has 3 rings (SSSR count). The normalized spacial score (nSPS) is 12.2. The first-order chi connectivity index (χ1) is 11.7. The summed E-state index contributed by atoms with van der Waals surface area (Å²) < 4.78 is 2.11. The third kappa shape index (κ3) is 4.79. The van der Waals surface area contributed by atoms with Gasteiger partial charge in [-0.2, -0.15) is 0 Å². The van der Waals surface area contributed by atoms with E-state index in [0.717, 1.165) is 34.3 Å². The highest BCUT2D eigenvalue weighted by Crippen LogP contribution is 2.33. The van der Waals surface area contributed by atoms with Crippen molar-refractivity contribution < 1.29 is 0 Å². The van der Waals surface area contributed by atoms with Crippen molar-refractivity contribution in [1.82, 2.24) is 9.55 Å². The second-order valence-corrected chi connectivity index (χ2v) is 7.72. The minimum absolute atomic E-state index is 0.385. The Hall–Kier alpha value is -1.42. The molecule has 24 heavy (non-hydrogen) atoms. The Morgan fingerprint density at radius 3 is 2.46 bits per heavy atom. The summed E-state index contributed by atoms with van der Waals surface area (Å²) >= 11 is 14.4. The maximum atomic E-state index is 6.33. The lowest BCUT2D eigenvalue weighted by molar-refractivity contribution is 0.624. The first-order valence-electron chi connectivity index (χ1n) is 7.82. The molecule has 3 aromatic rings. The highest BCUT2D eigenvalue weighted by Gasteiger charge is 2.14. The molecule has 1 heterocycles. The molecule has 2 nitrogen and oxygen atoms in total. The fraction of sp³-hybridized carbons (Fsp3) is 0.211. The van der Waals surface area contributed by atoms with E-state index in [0.29, 0.717) is 5.25 Å². The zero-order chi connectivity index (χ0) is 16.8. The number of benzene rings is 2. The minimum atomic E-state index is 0.385. The summed E-state index contributed by atoms with van der Waals surface area (Å²) in [5, 5.41) is 2.02. The van der Waals surface area contributed by atoms with Gasteiger partial charge in [-0.1, -0.05) is 53.5 Å². The molecule has 0 fully saturated rings. The smallest absolute Gasteiger partial charge is 0.0946 e. The van der Waals surface area contributed by atoms with Crippen LogP contribution in [0.2, 0.25) is 10.0 Å². The van der Waals surface area contributed by atoms with E-state index in [-0.39, 0.29) is 0 Å². The number of imidazole rings is 1. The van der Waals surface area contributed by atoms with Crippen molar-refractivity contribution in [2.75, 3.05) is 0 Å². The predicted octanol–water partition coefficient (Wildman–Crippen LogP) is 5.98. The number of rotatable bonds is 7. The average molecular weight is 377 g/mol. The van der Waals surface area contributed by atoms with Gasteiger partial charge in [-0.15, -0.1) is 11.8 Å². The van der Waals surface area contributed by atoms with Crippen molar-refractivity contribution >= 4 is 35.0 Å². The number of thioether (sulfide) groups is 1. The maximum Gasteiger partial charge on any atom is 0.0946 e. The highest BCUT2D eigenvalue weighted by molar-refractivity contribution is 8.00. The Morgan fingerprint density at radius 1 is 1.00 bits per heavy atom. The third-order valence-electron chi connectivity index (χ3n) is 3.80. The van der Waals surface area contributed by atoms with E-state index >= 15 is 0 Å². The van der Waals surface area contributed by atoms with Crippen LogP contribution in [-0.2, 0) is 13.0 Å². The Morgan fingerprint density at radius 2 is 1.75 bits per heavy atom. The van der Waals surface area contributed by atoms with Crippen molar-refractivity contribution in [2.24, 2.45) is 0 Å². The molecule has 0 aliphatic carbocycles. The molecule has 1 unspecified atom stereocenters. The fourth-order valence-electron chi connectivity index (χ4n) is 2.55. The standard InChI is InChI=1S/C19H18Cl2N2S/c20-17-6-2-1-5-15(17)9-10-16(13-23-12-11-22-14-23)24-19-8-4-3-7-18(19)21/h1-8,11-12,14,16H,9-10,13H2. The summed E-state index contributed by atoms with van der Waals surface area (Å²) in [6.07, 6.45) is 7.62. The molecule has 0 saturated carbocycles. The summed E-state index contributed by atoms with van der Waals surface area (Å²) in [6.45, 7) is 0.889. The lowest BCUT2D eigenvalue weighted by atomic mass is 10.1. The van der Waals surface area contributed by atoms with E-state index in [1.54, 1.807) is 0 Å². The molecule has 0 saturated heterocycles. The molecule has 0 spiro atoms. The van der Waals surface area contributed by atoms with Crippen molar-refractivity contribution in [1.29, 1.82) is 0 Å². The number of nitrogens with zero attached hydrogens (tertiary/aromatic N) is 2. The molecule has 124 valence electrons. The summed E-state index contributed by atoms with van der Waals surface area (Å²) in [7, 11) is 0. The van der Waals surface area contributed by atoms with Gasteiger partial charge in [-0.3, -0.25) is 0 Å². The van der Waals surface area contributed by atoms with Crippen LogP contribution in [0.5, 0.6) is 0 Å². The molecular formula is C19H18Cl2N2S. The molecule has 0 radical (unpaired) electrons. The van der Waals surface area contributed by atoms with E-state index in [1.807, 2.05) is 66.9 Å². The van der Waals surface area contributed by atoms with Crippen molar-refractivity contribution in [3.8, 4) is 0 Å². The van der Waals surface area contributed by atoms with Crippen LogP contribution in [0.3, 0.4) is 0 Å². The van der Waals surface area contributed by atoms with Gasteiger partial charge in [0.2, 0.25) is 0 Å². The summed E-state index contributed by atoms with van der Waals surface area (Å²) in [6, 6.07) is 16.0. The zero-order valence-electron chi connectivity index (χ0n) is 13.1. The maximum absolute atomic E-state index is 6.33. The second kappa shape index (κ2) is 8.61. The Bertz CT molecular complexity index is 775. The summed E-state index contributed by atoms with van der Waals surface area (Å²) in [4.78, 5) is 5.25. The monoisotopic (exact) mass is 376 g/mol. The molecule has 0 aliphatic heterocycles. The van der Waals surface area contributed by atoms with Crippen LogP contribution in [0.25, 0.3) is 0 Å². The number of hydrogen-bond acceptors (Lipinski definition) is 2. The Kier molecular flexibility index (Phi) is 6.24. The van der Waals surface area contributed by atoms with Crippen LogP contribution in [0, 0.1) is 0 Å². The molecule has 2 aromatic carbocycles. The molecule has 5 heteroatoms. The second-order valence-electron chi connectivity index (χ2n) is 5.56. The quantitative estimate of drug-likeness (QED) is 0.471. The van der Waals surface area contributed by atoms with Gasteiger partial charge < -0.3 is 4.57 Å². The van der Waals surface area contributed by atoms with Gasteiger partial charge in [0.25, 0.3) is 0 Å². The molecule has 0 N–H and O–H groups in total. The summed E-state index contributed by atoms with van der Waals surface area (Å²) in [5.74, 6) is 0. The summed E-state index contributed by atoms with van der Waals surface area (Å²) in [5.41, 5.74) is 1.19. The molecule has 0 bridgehead atoms. The lowest BCUT2D eigenvalue weighted by Crippen LogP contribution is -2.13. The first-order valence-corrected chi connectivity index (χ1v) is 9.46. The van der Waals surface area contributed by atoms with Crippen molar-refractivity contribution in [2.45, 2.75) is 29.5 Å². The average Bonchev–Trinajstić information content (AvgIpc) is 3.09. The highest BCUT2D eigenvalue weighted by atomic mass is 35.5. The number of halogens is 2. The molecule has 0 aliphatic rings. The van der Waals surface area contributed by atoms with Crippen LogP contribution < -0.4 is 0 Å². The molecule has 0 amide bonds. The molecule has 1 atom stereocenters. The number of hydrogen-bond donors (Lipinski definition) is 0. The van der Waals surface area contributed by atoms with E-state index in [1.165, 1.54) is 5.56 Å². The van der Waals surface area contributed by atoms with Crippen LogP contribution in [0.1, 0.15) is 12.0 Å². The predicted molar refractivity (Wildman–Crippen MR) is 103 cm³/mol. The van der Waals surface area contributed by atoms with Gasteiger partial charge in [0.05, 0.1) is 11.3 Å². The third-order valence-corrected chi connectivity index (χ3v) is 5.94. The zero-order valence-corrected chi connectivity index (χ0v) is 15.4. The number of aromatic nitrogens is 2. The van der Waals surface area contributed by atoms with Crippen LogP contribution in [0.15, 0.2) is 72.1 Å². The Labute approximate surface area is 156 Å². The van der Waals surface area contributed by atoms with Gasteiger partial charge in [-0.05, 0) is 36.6 Å².